The molecule has 3 nitrogen and oxygen atoms in total. The summed E-state index contributed by atoms with van der Waals surface area (Å²) in [6, 6.07) is 7.67. The predicted molar refractivity (Wildman–Crippen MR) is 87.7 cm³/mol. The van der Waals surface area contributed by atoms with Gasteiger partial charge in [0.05, 0.1) is 0 Å². The first-order valence-corrected chi connectivity index (χ1v) is 7.94. The molecule has 4 heteroatoms. The topological polar surface area (TPSA) is 38.0 Å². The Bertz CT molecular complexity index is 728. The molecule has 0 spiro atoms. The summed E-state index contributed by atoms with van der Waals surface area (Å²) in [6.45, 7) is 1.99. The third-order valence-corrected chi connectivity index (χ3v) is 4.46. The van der Waals surface area contributed by atoms with Gasteiger partial charge >= 0.3 is 0 Å². The summed E-state index contributed by atoms with van der Waals surface area (Å²) >= 11 is 5.97. The van der Waals surface area contributed by atoms with Gasteiger partial charge < -0.3 is 9.67 Å². The van der Waals surface area contributed by atoms with Crippen LogP contribution < -0.4 is 0 Å². The standard InChI is InChI=1S/C18H19ClN2O/c1-14-20-10-11-21(14)17-6-3-8-18(22,13-17)9-7-15-4-2-5-16(19)12-15/h2,4-5,10-12,17,22H,3,6,8,13H2,1H3/t17-,18+/m0/s1. The van der Waals surface area contributed by atoms with Gasteiger partial charge in [0, 0.05) is 35.4 Å². The minimum atomic E-state index is -0.943. The van der Waals surface area contributed by atoms with Crippen molar-refractivity contribution in [3.63, 3.8) is 0 Å². The zero-order valence-electron chi connectivity index (χ0n) is 12.6. The maximum atomic E-state index is 10.8. The summed E-state index contributed by atoms with van der Waals surface area (Å²) < 4.78 is 2.14. The number of imidazole rings is 1. The Morgan fingerprint density at radius 1 is 1.45 bits per heavy atom. The van der Waals surface area contributed by atoms with Gasteiger partial charge in [-0.3, -0.25) is 0 Å². The van der Waals surface area contributed by atoms with Gasteiger partial charge in [0.15, 0.2) is 0 Å². The van der Waals surface area contributed by atoms with E-state index in [0.717, 1.165) is 24.2 Å². The number of halogens is 1. The highest BCUT2D eigenvalue weighted by atomic mass is 35.5. The lowest BCUT2D eigenvalue weighted by molar-refractivity contribution is 0.0394. The molecule has 1 fully saturated rings. The van der Waals surface area contributed by atoms with Gasteiger partial charge in [-0.1, -0.05) is 29.5 Å². The van der Waals surface area contributed by atoms with Gasteiger partial charge in [-0.2, -0.15) is 0 Å². The number of aryl methyl sites for hydroxylation is 1. The first-order chi connectivity index (χ1) is 10.6. The van der Waals surface area contributed by atoms with Gasteiger partial charge in [-0.25, -0.2) is 4.98 Å². The average Bonchev–Trinajstić information content (AvgIpc) is 2.92. The molecule has 1 heterocycles. The van der Waals surface area contributed by atoms with Crippen molar-refractivity contribution in [2.24, 2.45) is 0 Å². The number of benzene rings is 1. The lowest BCUT2D eigenvalue weighted by atomic mass is 9.82. The fourth-order valence-electron chi connectivity index (χ4n) is 3.10. The second kappa shape index (κ2) is 6.16. The van der Waals surface area contributed by atoms with Crippen LogP contribution >= 0.6 is 11.6 Å². The first-order valence-electron chi connectivity index (χ1n) is 7.56. The van der Waals surface area contributed by atoms with E-state index < -0.39 is 5.60 Å². The summed E-state index contributed by atoms with van der Waals surface area (Å²) in [6.07, 6.45) is 7.15. The third-order valence-electron chi connectivity index (χ3n) is 4.22. The van der Waals surface area contributed by atoms with Crippen LogP contribution in [-0.4, -0.2) is 20.3 Å². The fraction of sp³-hybridized carbons (Fsp3) is 0.389. The number of aliphatic hydroxyl groups is 1. The van der Waals surface area contributed by atoms with Crippen molar-refractivity contribution in [3.05, 3.63) is 53.1 Å². The lowest BCUT2D eigenvalue weighted by Gasteiger charge is -2.34. The van der Waals surface area contributed by atoms with Crippen LogP contribution in [0.3, 0.4) is 0 Å². The van der Waals surface area contributed by atoms with Crippen molar-refractivity contribution in [1.82, 2.24) is 9.55 Å². The highest BCUT2D eigenvalue weighted by Crippen LogP contribution is 2.35. The zero-order valence-corrected chi connectivity index (χ0v) is 13.3. The molecule has 0 amide bonds. The summed E-state index contributed by atoms with van der Waals surface area (Å²) in [5.41, 5.74) is -0.107. The largest absolute Gasteiger partial charge is 0.378 e. The summed E-state index contributed by atoms with van der Waals surface area (Å²) in [4.78, 5) is 4.27. The Balaban J connectivity index is 1.80. The predicted octanol–water partition coefficient (Wildman–Crippen LogP) is 3.74. The van der Waals surface area contributed by atoms with Crippen molar-refractivity contribution < 1.29 is 5.11 Å². The molecular formula is C18H19ClN2O. The van der Waals surface area contributed by atoms with Crippen LogP contribution in [0.1, 0.15) is 43.1 Å². The number of hydrogen-bond donors (Lipinski definition) is 1. The van der Waals surface area contributed by atoms with Gasteiger partial charge in [0.2, 0.25) is 0 Å². The molecule has 114 valence electrons. The van der Waals surface area contributed by atoms with Gasteiger partial charge in [-0.15, -0.1) is 0 Å². The number of aromatic nitrogens is 2. The van der Waals surface area contributed by atoms with E-state index in [4.69, 9.17) is 11.6 Å². The highest BCUT2D eigenvalue weighted by molar-refractivity contribution is 6.30. The molecule has 1 aromatic carbocycles. The van der Waals surface area contributed by atoms with Crippen LogP contribution in [0.25, 0.3) is 0 Å². The normalized spacial score (nSPS) is 24.6. The molecule has 2 atom stereocenters. The number of hydrogen-bond acceptors (Lipinski definition) is 2. The molecule has 2 aromatic rings. The molecular weight excluding hydrogens is 296 g/mol. The smallest absolute Gasteiger partial charge is 0.127 e. The van der Waals surface area contributed by atoms with E-state index in [1.807, 2.05) is 37.4 Å². The van der Waals surface area contributed by atoms with E-state index in [1.54, 1.807) is 6.20 Å². The number of nitrogens with zero attached hydrogens (tertiary/aromatic N) is 2. The minimum absolute atomic E-state index is 0.259. The van der Waals surface area contributed by atoms with Crippen LogP contribution in [-0.2, 0) is 0 Å². The molecule has 22 heavy (non-hydrogen) atoms. The first kappa shape index (κ1) is 15.1. The Kier molecular flexibility index (Phi) is 4.24. The SMILES string of the molecule is Cc1nccn1[C@H]1CCC[C@@](O)(C#Cc2cccc(Cl)c2)C1. The molecule has 1 aliphatic carbocycles. The Morgan fingerprint density at radius 3 is 3.05 bits per heavy atom. The van der Waals surface area contributed by atoms with E-state index >= 15 is 0 Å². The van der Waals surface area contributed by atoms with E-state index in [9.17, 15) is 5.11 Å². The van der Waals surface area contributed by atoms with Gasteiger partial charge in [-0.05, 0) is 44.4 Å². The summed E-state index contributed by atoms with van der Waals surface area (Å²) in [5, 5.41) is 11.5. The fourth-order valence-corrected chi connectivity index (χ4v) is 3.29. The maximum Gasteiger partial charge on any atom is 0.127 e. The van der Waals surface area contributed by atoms with Crippen molar-refractivity contribution >= 4 is 11.6 Å². The van der Waals surface area contributed by atoms with E-state index in [2.05, 4.69) is 21.4 Å². The molecule has 3 rings (SSSR count). The summed E-state index contributed by atoms with van der Waals surface area (Å²) in [7, 11) is 0. The van der Waals surface area contributed by atoms with Crippen LogP contribution in [0.5, 0.6) is 0 Å². The average molecular weight is 315 g/mol. The van der Waals surface area contributed by atoms with Crippen molar-refractivity contribution in [2.45, 2.75) is 44.2 Å². The molecule has 1 saturated carbocycles. The van der Waals surface area contributed by atoms with Gasteiger partial charge in [0.1, 0.15) is 11.4 Å². The molecule has 0 saturated heterocycles. The highest BCUT2D eigenvalue weighted by Gasteiger charge is 2.33. The van der Waals surface area contributed by atoms with Crippen molar-refractivity contribution in [3.8, 4) is 11.8 Å². The van der Waals surface area contributed by atoms with Crippen LogP contribution in [0, 0.1) is 18.8 Å². The molecule has 0 bridgehead atoms. The van der Waals surface area contributed by atoms with E-state index in [1.165, 1.54) is 0 Å². The van der Waals surface area contributed by atoms with Crippen LogP contribution in [0.4, 0.5) is 0 Å². The number of rotatable bonds is 1. The monoisotopic (exact) mass is 314 g/mol. The molecule has 0 aliphatic heterocycles. The molecule has 0 unspecified atom stereocenters. The summed E-state index contributed by atoms with van der Waals surface area (Å²) in [5.74, 6) is 7.12. The second-order valence-corrected chi connectivity index (χ2v) is 6.36. The van der Waals surface area contributed by atoms with Crippen LogP contribution in [0.15, 0.2) is 36.7 Å². The molecule has 1 N–H and O–H groups in total. The molecule has 0 radical (unpaired) electrons. The second-order valence-electron chi connectivity index (χ2n) is 5.92. The van der Waals surface area contributed by atoms with Crippen LogP contribution in [0.2, 0.25) is 5.02 Å². The molecule has 1 aromatic heterocycles. The van der Waals surface area contributed by atoms with E-state index in [-0.39, 0.29) is 6.04 Å². The van der Waals surface area contributed by atoms with Crippen molar-refractivity contribution in [1.29, 1.82) is 0 Å². The lowest BCUT2D eigenvalue weighted by Crippen LogP contribution is -2.35. The minimum Gasteiger partial charge on any atom is -0.378 e. The molecule has 1 aliphatic rings. The van der Waals surface area contributed by atoms with Gasteiger partial charge in [0.25, 0.3) is 0 Å². The zero-order chi connectivity index (χ0) is 15.6. The maximum absolute atomic E-state index is 10.8. The van der Waals surface area contributed by atoms with Crippen molar-refractivity contribution in [2.75, 3.05) is 0 Å². The quantitative estimate of drug-likeness (QED) is 0.814. The van der Waals surface area contributed by atoms with E-state index in [0.29, 0.717) is 17.9 Å². The Hall–Kier alpha value is -1.76. The Morgan fingerprint density at radius 2 is 2.32 bits per heavy atom. The third kappa shape index (κ3) is 3.35. The Labute approximate surface area is 136 Å².